The molecule has 3 rings (SSSR count). The maximum atomic E-state index is 12.6. The van der Waals surface area contributed by atoms with Crippen LogP contribution in [0.15, 0.2) is 29.1 Å². The van der Waals surface area contributed by atoms with E-state index in [-0.39, 0.29) is 16.7 Å². The van der Waals surface area contributed by atoms with Crippen LogP contribution in [0, 0.1) is 0 Å². The zero-order chi connectivity index (χ0) is 18.9. The van der Waals surface area contributed by atoms with Gasteiger partial charge in [-0.25, -0.2) is 4.98 Å². The molecule has 140 valence electrons. The quantitative estimate of drug-likeness (QED) is 0.906. The number of aromatic nitrogens is 2. The number of para-hydroxylation sites is 1. The molecule has 1 aliphatic heterocycles. The highest BCUT2D eigenvalue weighted by Crippen LogP contribution is 2.25. The van der Waals surface area contributed by atoms with Crippen molar-refractivity contribution in [2.45, 2.75) is 52.3 Å². The van der Waals surface area contributed by atoms with Gasteiger partial charge in [0.1, 0.15) is 11.6 Å². The minimum atomic E-state index is -2.85. The van der Waals surface area contributed by atoms with Crippen LogP contribution in [0.5, 0.6) is 5.75 Å². The topological polar surface area (TPSA) is 58.2 Å². The zero-order valence-electron chi connectivity index (χ0n) is 15.2. The maximum absolute atomic E-state index is 12.6. The fourth-order valence-corrected chi connectivity index (χ4v) is 3.07. The van der Waals surface area contributed by atoms with Crippen molar-refractivity contribution < 1.29 is 13.5 Å². The van der Waals surface area contributed by atoms with E-state index in [2.05, 4.69) is 19.6 Å². The number of nitrogens with zero attached hydrogens (tertiary/aromatic N) is 2. The van der Waals surface area contributed by atoms with E-state index in [0.717, 1.165) is 5.69 Å². The van der Waals surface area contributed by atoms with Gasteiger partial charge in [-0.15, -0.1) is 0 Å². The van der Waals surface area contributed by atoms with E-state index in [4.69, 9.17) is 0 Å². The first-order valence-corrected chi connectivity index (χ1v) is 8.61. The second kappa shape index (κ2) is 7.15. The molecule has 1 N–H and O–H groups in total. The van der Waals surface area contributed by atoms with Crippen molar-refractivity contribution in [3.63, 3.8) is 0 Å². The first-order chi connectivity index (χ1) is 12.2. The van der Waals surface area contributed by atoms with Gasteiger partial charge in [-0.1, -0.05) is 39.0 Å². The van der Waals surface area contributed by atoms with E-state index < -0.39 is 6.61 Å². The molecule has 7 heteroatoms. The fourth-order valence-electron chi connectivity index (χ4n) is 3.07. The fraction of sp³-hybridized carbons (Fsp3) is 0.474. The molecule has 0 saturated carbocycles. The van der Waals surface area contributed by atoms with Crippen LogP contribution >= 0.6 is 0 Å². The molecule has 2 heterocycles. The Morgan fingerprint density at radius 2 is 2.04 bits per heavy atom. The minimum Gasteiger partial charge on any atom is -0.434 e. The highest BCUT2D eigenvalue weighted by Gasteiger charge is 2.25. The first kappa shape index (κ1) is 18.5. The van der Waals surface area contributed by atoms with E-state index in [0.29, 0.717) is 43.0 Å². The Kier molecular flexibility index (Phi) is 5.09. The van der Waals surface area contributed by atoms with Crippen molar-refractivity contribution >= 4 is 0 Å². The van der Waals surface area contributed by atoms with Crippen LogP contribution in [0.4, 0.5) is 8.78 Å². The summed E-state index contributed by atoms with van der Waals surface area (Å²) < 4.78 is 29.8. The van der Waals surface area contributed by atoms with Crippen LogP contribution in [-0.2, 0) is 24.9 Å². The molecule has 5 nitrogen and oxygen atoms in total. The number of aromatic amines is 1. The highest BCUT2D eigenvalue weighted by molar-refractivity contribution is 5.33. The third-order valence-electron chi connectivity index (χ3n) is 4.45. The number of rotatable bonds is 4. The summed E-state index contributed by atoms with van der Waals surface area (Å²) in [6.45, 7) is 4.76. The van der Waals surface area contributed by atoms with Crippen molar-refractivity contribution in [1.29, 1.82) is 0 Å². The van der Waals surface area contributed by atoms with Gasteiger partial charge in [0.05, 0.1) is 5.69 Å². The Morgan fingerprint density at radius 3 is 2.73 bits per heavy atom. The average Bonchev–Trinajstić information content (AvgIpc) is 2.55. The lowest BCUT2D eigenvalue weighted by Crippen LogP contribution is -2.36. The molecule has 0 atom stereocenters. The third-order valence-corrected chi connectivity index (χ3v) is 4.45. The van der Waals surface area contributed by atoms with Gasteiger partial charge < -0.3 is 9.72 Å². The lowest BCUT2D eigenvalue weighted by atomic mass is 9.95. The first-order valence-electron chi connectivity index (χ1n) is 8.61. The molecule has 0 spiro atoms. The van der Waals surface area contributed by atoms with E-state index in [1.807, 2.05) is 20.8 Å². The van der Waals surface area contributed by atoms with Crippen LogP contribution < -0.4 is 10.3 Å². The smallest absolute Gasteiger partial charge is 0.387 e. The summed E-state index contributed by atoms with van der Waals surface area (Å²) in [7, 11) is 0. The summed E-state index contributed by atoms with van der Waals surface area (Å²) >= 11 is 0. The molecule has 0 saturated heterocycles. The number of hydrogen-bond acceptors (Lipinski definition) is 4. The number of hydrogen-bond donors (Lipinski definition) is 1. The van der Waals surface area contributed by atoms with Crippen molar-refractivity contribution in [3.8, 4) is 5.75 Å². The summed E-state index contributed by atoms with van der Waals surface area (Å²) in [6, 6.07) is 6.79. The number of fused-ring (bicyclic) bond motifs is 1. The van der Waals surface area contributed by atoms with Gasteiger partial charge in [0.15, 0.2) is 0 Å². The molecule has 1 aromatic carbocycles. The molecule has 0 amide bonds. The number of alkyl halides is 2. The van der Waals surface area contributed by atoms with Crippen LogP contribution in [0.2, 0.25) is 0 Å². The zero-order valence-corrected chi connectivity index (χ0v) is 15.2. The molecular formula is C19H23F2N3O2. The van der Waals surface area contributed by atoms with Gasteiger partial charge in [0, 0.05) is 36.2 Å². The normalized spacial score (nSPS) is 15.2. The molecule has 0 fully saturated rings. The van der Waals surface area contributed by atoms with E-state index in [1.54, 1.807) is 24.3 Å². The van der Waals surface area contributed by atoms with Crippen LogP contribution in [0.1, 0.15) is 43.4 Å². The number of nitrogens with one attached hydrogen (secondary N) is 1. The molecule has 26 heavy (non-hydrogen) atoms. The van der Waals surface area contributed by atoms with Crippen molar-refractivity contribution in [2.24, 2.45) is 0 Å². The maximum Gasteiger partial charge on any atom is 0.387 e. The highest BCUT2D eigenvalue weighted by atomic mass is 19.3. The van der Waals surface area contributed by atoms with Crippen molar-refractivity contribution in [1.82, 2.24) is 14.9 Å². The third kappa shape index (κ3) is 4.09. The average molecular weight is 363 g/mol. The molecule has 0 bridgehead atoms. The van der Waals surface area contributed by atoms with Gasteiger partial charge in [-0.05, 0) is 12.5 Å². The standard InChI is InChI=1S/C19H23F2N3O2/c1-19(2,3)17-22-14-11-24(9-8-13(14)16(25)23-17)10-12-6-4-5-7-15(12)26-18(20)21/h4-7,18H,8-11H2,1-3H3,(H,22,23,25). The van der Waals surface area contributed by atoms with Gasteiger partial charge >= 0.3 is 6.61 Å². The Balaban J connectivity index is 1.83. The van der Waals surface area contributed by atoms with Crippen LogP contribution in [0.3, 0.4) is 0 Å². The lowest BCUT2D eigenvalue weighted by Gasteiger charge is -2.29. The molecule has 1 aromatic heterocycles. The molecule has 2 aromatic rings. The van der Waals surface area contributed by atoms with Crippen molar-refractivity contribution in [3.05, 3.63) is 57.3 Å². The number of H-pyrrole nitrogens is 1. The van der Waals surface area contributed by atoms with Gasteiger partial charge in [0.25, 0.3) is 5.56 Å². The molecule has 0 radical (unpaired) electrons. The molecular weight excluding hydrogens is 340 g/mol. The summed E-state index contributed by atoms with van der Waals surface area (Å²) in [5, 5.41) is 0. The molecule has 1 aliphatic rings. The monoisotopic (exact) mass is 363 g/mol. The predicted octanol–water partition coefficient (Wildman–Crippen LogP) is 3.23. The summed E-state index contributed by atoms with van der Waals surface area (Å²) in [5.41, 5.74) is 1.83. The van der Waals surface area contributed by atoms with E-state index in [1.165, 1.54) is 0 Å². The molecule has 0 unspecified atom stereocenters. The van der Waals surface area contributed by atoms with Gasteiger partial charge in [-0.3, -0.25) is 9.69 Å². The van der Waals surface area contributed by atoms with Gasteiger partial charge in [0.2, 0.25) is 0 Å². The minimum absolute atomic E-state index is 0.0824. The van der Waals surface area contributed by atoms with E-state index in [9.17, 15) is 13.6 Å². The molecule has 0 aliphatic carbocycles. The van der Waals surface area contributed by atoms with Crippen LogP contribution in [-0.4, -0.2) is 28.0 Å². The Morgan fingerprint density at radius 1 is 1.31 bits per heavy atom. The second-order valence-electron chi connectivity index (χ2n) is 7.54. The number of halogens is 2. The SMILES string of the molecule is CC(C)(C)c1nc2c(c(=O)[nH]1)CCN(Cc1ccccc1OC(F)F)C2. The Labute approximate surface area is 151 Å². The summed E-state index contributed by atoms with van der Waals surface area (Å²) in [6.07, 6.45) is 0.583. The Bertz CT molecular complexity index is 843. The second-order valence-corrected chi connectivity index (χ2v) is 7.54. The van der Waals surface area contributed by atoms with Crippen molar-refractivity contribution in [2.75, 3.05) is 6.54 Å². The van der Waals surface area contributed by atoms with Crippen LogP contribution in [0.25, 0.3) is 0 Å². The largest absolute Gasteiger partial charge is 0.434 e. The Hall–Kier alpha value is -2.28. The predicted molar refractivity (Wildman–Crippen MR) is 94.4 cm³/mol. The van der Waals surface area contributed by atoms with Gasteiger partial charge in [-0.2, -0.15) is 8.78 Å². The number of benzene rings is 1. The van der Waals surface area contributed by atoms with E-state index >= 15 is 0 Å². The summed E-state index contributed by atoms with van der Waals surface area (Å²) in [4.78, 5) is 22.0. The lowest BCUT2D eigenvalue weighted by molar-refractivity contribution is -0.0508. The summed E-state index contributed by atoms with van der Waals surface area (Å²) in [5.74, 6) is 0.840. The number of ether oxygens (including phenoxy) is 1.